The molecule has 1 N–H and O–H groups in total. The molecule has 0 bridgehead atoms. The second-order valence-electron chi connectivity index (χ2n) is 7.95. The first-order valence-corrected chi connectivity index (χ1v) is 10.8. The molecule has 0 aliphatic carbocycles. The van der Waals surface area contributed by atoms with Gasteiger partial charge in [0.05, 0.1) is 31.9 Å². The van der Waals surface area contributed by atoms with Gasteiger partial charge >= 0.3 is 0 Å². The number of Topliss-reactive ketones (excluding diaryl/α,β-unsaturated/α-hetero) is 1. The molecule has 156 valence electrons. The summed E-state index contributed by atoms with van der Waals surface area (Å²) in [6, 6.07) is 16.2. The maximum atomic E-state index is 11.5. The van der Waals surface area contributed by atoms with Crippen molar-refractivity contribution >= 4 is 23.7 Å². The lowest BCUT2D eigenvalue weighted by atomic mass is 10.1. The molecule has 0 atom stereocenters. The third-order valence-electron chi connectivity index (χ3n) is 5.84. The van der Waals surface area contributed by atoms with Gasteiger partial charge in [0.15, 0.2) is 12.5 Å². The van der Waals surface area contributed by atoms with Crippen molar-refractivity contribution in [3.8, 4) is 5.69 Å². The minimum Gasteiger partial charge on any atom is -0.360 e. The lowest BCUT2D eigenvalue weighted by molar-refractivity contribution is -0.924. The van der Waals surface area contributed by atoms with Crippen LogP contribution < -0.4 is 9.80 Å². The molecule has 1 aromatic heterocycles. The second-order valence-corrected chi connectivity index (χ2v) is 8.31. The Hall–Kier alpha value is -2.77. The summed E-state index contributed by atoms with van der Waals surface area (Å²) in [5.41, 5.74) is 4.22. The van der Waals surface area contributed by atoms with Crippen LogP contribution in [0.3, 0.4) is 0 Å². The minimum atomic E-state index is 0.105. The number of para-hydroxylation sites is 1. The number of carbonyl (C=O) groups is 1. The van der Waals surface area contributed by atoms with E-state index in [0.29, 0.717) is 0 Å². The summed E-state index contributed by atoms with van der Waals surface area (Å²) in [7, 11) is 0. The summed E-state index contributed by atoms with van der Waals surface area (Å²) in [5, 5.41) is 4.73. The van der Waals surface area contributed by atoms with Crippen molar-refractivity contribution in [2.75, 3.05) is 31.1 Å². The standard InChI is InChI=1S/C23H27N5OS/c1-17-6-4-5-7-22(17)28-19(3)24-27(23(28)30)16-25-12-14-26(15-13-25)21-10-8-20(9-11-21)18(2)29/h4-11H,12-16H2,1-3H3/p+1. The van der Waals surface area contributed by atoms with Crippen LogP contribution in [0.4, 0.5) is 5.69 Å². The number of carbonyl (C=O) groups excluding carboxylic acids is 1. The van der Waals surface area contributed by atoms with Crippen molar-refractivity contribution < 1.29 is 9.69 Å². The molecule has 4 rings (SSSR count). The van der Waals surface area contributed by atoms with E-state index in [0.717, 1.165) is 54.7 Å². The molecule has 1 saturated heterocycles. The van der Waals surface area contributed by atoms with Gasteiger partial charge in [0.2, 0.25) is 4.77 Å². The molecule has 7 heteroatoms. The Morgan fingerprint density at radius 2 is 1.73 bits per heavy atom. The number of aromatic nitrogens is 3. The molecular weight excluding hydrogens is 394 g/mol. The van der Waals surface area contributed by atoms with E-state index < -0.39 is 0 Å². The van der Waals surface area contributed by atoms with Gasteiger partial charge in [-0.1, -0.05) is 18.2 Å². The number of quaternary nitrogens is 1. The number of ketones is 1. The monoisotopic (exact) mass is 422 g/mol. The molecule has 6 nitrogen and oxygen atoms in total. The normalized spacial score (nSPS) is 14.8. The average Bonchev–Trinajstić information content (AvgIpc) is 3.02. The summed E-state index contributed by atoms with van der Waals surface area (Å²) in [6.45, 7) is 10.5. The third-order valence-corrected chi connectivity index (χ3v) is 6.23. The first kappa shape index (κ1) is 20.5. The maximum absolute atomic E-state index is 11.5. The van der Waals surface area contributed by atoms with Gasteiger partial charge in [0.1, 0.15) is 5.82 Å². The van der Waals surface area contributed by atoms with Crippen LogP contribution in [0.15, 0.2) is 48.5 Å². The molecule has 1 fully saturated rings. The summed E-state index contributed by atoms with van der Waals surface area (Å²) in [4.78, 5) is 15.3. The quantitative estimate of drug-likeness (QED) is 0.507. The van der Waals surface area contributed by atoms with Crippen LogP contribution in [0.5, 0.6) is 0 Å². The lowest BCUT2D eigenvalue weighted by Crippen LogP contribution is -3.14. The Bertz CT molecular complexity index is 1110. The Balaban J connectivity index is 1.43. The van der Waals surface area contributed by atoms with Gasteiger partial charge in [0, 0.05) is 11.3 Å². The Morgan fingerprint density at radius 1 is 1.07 bits per heavy atom. The predicted octanol–water partition coefficient (Wildman–Crippen LogP) is 2.59. The van der Waals surface area contributed by atoms with Gasteiger partial charge in [-0.25, -0.2) is 0 Å². The van der Waals surface area contributed by atoms with Crippen molar-refractivity contribution in [3.05, 3.63) is 70.3 Å². The van der Waals surface area contributed by atoms with Gasteiger partial charge < -0.3 is 9.80 Å². The van der Waals surface area contributed by atoms with Crippen molar-refractivity contribution in [3.63, 3.8) is 0 Å². The second kappa shape index (κ2) is 8.53. The zero-order chi connectivity index (χ0) is 21.3. The molecule has 0 saturated carbocycles. The van der Waals surface area contributed by atoms with Crippen LogP contribution >= 0.6 is 12.2 Å². The highest BCUT2D eigenvalue weighted by molar-refractivity contribution is 7.71. The molecule has 1 aliphatic rings. The maximum Gasteiger partial charge on any atom is 0.207 e. The van der Waals surface area contributed by atoms with E-state index in [1.54, 1.807) is 6.92 Å². The van der Waals surface area contributed by atoms with E-state index >= 15 is 0 Å². The van der Waals surface area contributed by atoms with E-state index in [1.165, 1.54) is 16.2 Å². The number of rotatable bonds is 5. The fourth-order valence-electron chi connectivity index (χ4n) is 4.07. The summed E-state index contributed by atoms with van der Waals surface area (Å²) in [5.74, 6) is 1.02. The van der Waals surface area contributed by atoms with E-state index in [-0.39, 0.29) is 5.78 Å². The number of benzene rings is 2. The minimum absolute atomic E-state index is 0.105. The first-order valence-electron chi connectivity index (χ1n) is 10.4. The molecule has 0 spiro atoms. The third kappa shape index (κ3) is 4.08. The fourth-order valence-corrected chi connectivity index (χ4v) is 4.40. The highest BCUT2D eigenvalue weighted by Crippen LogP contribution is 2.17. The van der Waals surface area contributed by atoms with Gasteiger partial charge in [-0.15, -0.1) is 0 Å². The van der Waals surface area contributed by atoms with E-state index in [1.807, 2.05) is 48.0 Å². The predicted molar refractivity (Wildman–Crippen MR) is 121 cm³/mol. The molecule has 0 radical (unpaired) electrons. The number of nitrogens with zero attached hydrogens (tertiary/aromatic N) is 4. The molecule has 0 amide bonds. The molecular formula is C23H28N5OS+. The molecule has 1 aliphatic heterocycles. The van der Waals surface area contributed by atoms with Crippen molar-refractivity contribution in [2.24, 2.45) is 0 Å². The Kier molecular flexibility index (Phi) is 5.83. The average molecular weight is 423 g/mol. The van der Waals surface area contributed by atoms with Crippen LogP contribution in [0, 0.1) is 18.6 Å². The number of anilines is 1. The van der Waals surface area contributed by atoms with Crippen LogP contribution in [-0.2, 0) is 6.67 Å². The topological polar surface area (TPSA) is 47.5 Å². The highest BCUT2D eigenvalue weighted by atomic mass is 32.1. The summed E-state index contributed by atoms with van der Waals surface area (Å²) < 4.78 is 4.78. The summed E-state index contributed by atoms with van der Waals surface area (Å²) >= 11 is 5.77. The molecule has 2 heterocycles. The molecule has 3 aromatic rings. The number of hydrogen-bond donors (Lipinski definition) is 1. The summed E-state index contributed by atoms with van der Waals surface area (Å²) in [6.07, 6.45) is 0. The SMILES string of the molecule is CC(=O)c1ccc(N2CC[NH+](Cn3nc(C)n(-c4ccccc4C)c3=S)CC2)cc1. The van der Waals surface area contributed by atoms with Crippen LogP contribution in [0.2, 0.25) is 0 Å². The number of hydrogen-bond acceptors (Lipinski definition) is 4. The van der Waals surface area contributed by atoms with E-state index in [2.05, 4.69) is 28.5 Å². The molecule has 2 aromatic carbocycles. The van der Waals surface area contributed by atoms with Gasteiger partial charge in [0.25, 0.3) is 0 Å². The largest absolute Gasteiger partial charge is 0.360 e. The van der Waals surface area contributed by atoms with Crippen LogP contribution in [-0.4, -0.2) is 46.3 Å². The van der Waals surface area contributed by atoms with Crippen molar-refractivity contribution in [2.45, 2.75) is 27.4 Å². The fraction of sp³-hybridized carbons (Fsp3) is 0.348. The van der Waals surface area contributed by atoms with E-state index in [4.69, 9.17) is 17.3 Å². The number of aryl methyl sites for hydroxylation is 2. The van der Waals surface area contributed by atoms with Crippen molar-refractivity contribution in [1.82, 2.24) is 14.3 Å². The van der Waals surface area contributed by atoms with Crippen molar-refractivity contribution in [1.29, 1.82) is 0 Å². The van der Waals surface area contributed by atoms with E-state index in [9.17, 15) is 4.79 Å². The number of nitrogens with one attached hydrogen (secondary N) is 1. The Labute approximate surface area is 182 Å². The molecule has 30 heavy (non-hydrogen) atoms. The number of piperazine rings is 1. The lowest BCUT2D eigenvalue weighted by Gasteiger charge is -2.33. The van der Waals surface area contributed by atoms with Gasteiger partial charge in [-0.2, -0.15) is 9.78 Å². The van der Waals surface area contributed by atoms with Crippen LogP contribution in [0.1, 0.15) is 28.7 Å². The van der Waals surface area contributed by atoms with Gasteiger partial charge in [-0.3, -0.25) is 9.36 Å². The van der Waals surface area contributed by atoms with Crippen LogP contribution in [0.25, 0.3) is 5.69 Å². The zero-order valence-corrected chi connectivity index (χ0v) is 18.6. The smallest absolute Gasteiger partial charge is 0.207 e. The zero-order valence-electron chi connectivity index (χ0n) is 17.8. The van der Waals surface area contributed by atoms with Gasteiger partial charge in [-0.05, 0) is 68.9 Å². The molecule has 0 unspecified atom stereocenters. The highest BCUT2D eigenvalue weighted by Gasteiger charge is 2.22. The first-order chi connectivity index (χ1) is 14.4. The Morgan fingerprint density at radius 3 is 2.37 bits per heavy atom.